The van der Waals surface area contributed by atoms with Crippen LogP contribution in [0.3, 0.4) is 0 Å². The predicted octanol–water partition coefficient (Wildman–Crippen LogP) is 1.89. The summed E-state index contributed by atoms with van der Waals surface area (Å²) in [6.45, 7) is 1.80. The topological polar surface area (TPSA) is 41.1 Å². The molecule has 3 nitrogen and oxygen atoms in total. The average molecular weight is 213 g/mol. The minimum atomic E-state index is -0.249. The molecule has 14 heavy (non-hydrogen) atoms. The molecule has 0 aromatic heterocycles. The molecule has 0 aliphatic rings. The van der Waals surface area contributed by atoms with Crippen LogP contribution >= 0.6 is 11.6 Å². The van der Waals surface area contributed by atoms with Gasteiger partial charge in [-0.05, 0) is 31.2 Å². The summed E-state index contributed by atoms with van der Waals surface area (Å²) in [5, 5.41) is 6.30. The van der Waals surface area contributed by atoms with Gasteiger partial charge in [0.1, 0.15) is 6.04 Å². The first-order chi connectivity index (χ1) is 6.63. The maximum atomic E-state index is 11.2. The lowest BCUT2D eigenvalue weighted by Crippen LogP contribution is -2.35. The van der Waals surface area contributed by atoms with Crippen molar-refractivity contribution in [3.63, 3.8) is 0 Å². The van der Waals surface area contributed by atoms with Crippen LogP contribution in [0.15, 0.2) is 24.3 Å². The fraction of sp³-hybridized carbons (Fsp3) is 0.300. The van der Waals surface area contributed by atoms with Crippen molar-refractivity contribution in [3.05, 3.63) is 29.3 Å². The smallest absolute Gasteiger partial charge is 0.241 e. The Kier molecular flexibility index (Phi) is 3.77. The van der Waals surface area contributed by atoms with Gasteiger partial charge >= 0.3 is 0 Å². The third-order valence-corrected chi connectivity index (χ3v) is 2.12. The molecule has 0 spiro atoms. The zero-order valence-corrected chi connectivity index (χ0v) is 8.93. The number of amides is 1. The number of rotatable bonds is 3. The molecular weight excluding hydrogens is 200 g/mol. The highest BCUT2D eigenvalue weighted by atomic mass is 35.5. The van der Waals surface area contributed by atoms with E-state index in [-0.39, 0.29) is 11.9 Å². The molecule has 0 heterocycles. The fourth-order valence-corrected chi connectivity index (χ4v) is 1.20. The van der Waals surface area contributed by atoms with Gasteiger partial charge in [0.2, 0.25) is 5.91 Å². The molecule has 0 bridgehead atoms. The largest absolute Gasteiger partial charge is 0.374 e. The third-order valence-electron chi connectivity index (χ3n) is 1.87. The van der Waals surface area contributed by atoms with Crippen LogP contribution in [0.1, 0.15) is 6.92 Å². The Morgan fingerprint density at radius 1 is 1.36 bits per heavy atom. The first-order valence-electron chi connectivity index (χ1n) is 4.37. The molecule has 0 aliphatic carbocycles. The van der Waals surface area contributed by atoms with Crippen molar-refractivity contribution < 1.29 is 4.79 Å². The van der Waals surface area contributed by atoms with E-state index in [0.29, 0.717) is 5.02 Å². The zero-order valence-electron chi connectivity index (χ0n) is 8.17. The van der Waals surface area contributed by atoms with Crippen molar-refractivity contribution in [2.45, 2.75) is 13.0 Å². The number of likely N-dealkylation sites (N-methyl/N-ethyl adjacent to an activating group) is 1. The maximum absolute atomic E-state index is 11.2. The summed E-state index contributed by atoms with van der Waals surface area (Å²) >= 11 is 5.73. The summed E-state index contributed by atoms with van der Waals surface area (Å²) in [6, 6.07) is 6.98. The van der Waals surface area contributed by atoms with Crippen molar-refractivity contribution in [2.24, 2.45) is 0 Å². The number of nitrogens with one attached hydrogen (secondary N) is 2. The first kappa shape index (κ1) is 10.9. The molecule has 76 valence electrons. The number of benzene rings is 1. The van der Waals surface area contributed by atoms with E-state index in [1.165, 1.54) is 0 Å². The molecule has 0 radical (unpaired) electrons. The van der Waals surface area contributed by atoms with Gasteiger partial charge in [-0.15, -0.1) is 0 Å². The normalized spacial score (nSPS) is 11.9. The van der Waals surface area contributed by atoms with Crippen LogP contribution in [0, 0.1) is 0 Å². The molecule has 0 fully saturated rings. The third kappa shape index (κ3) is 2.92. The molecule has 1 rings (SSSR count). The highest BCUT2D eigenvalue weighted by Crippen LogP contribution is 2.13. The number of carbonyl (C=O) groups excluding carboxylic acids is 1. The molecule has 0 saturated heterocycles. The van der Waals surface area contributed by atoms with Crippen molar-refractivity contribution >= 4 is 23.2 Å². The molecule has 0 aliphatic heterocycles. The van der Waals surface area contributed by atoms with Crippen LogP contribution in [0.5, 0.6) is 0 Å². The minimum Gasteiger partial charge on any atom is -0.374 e. The van der Waals surface area contributed by atoms with E-state index >= 15 is 0 Å². The lowest BCUT2D eigenvalue weighted by Gasteiger charge is -2.13. The molecule has 4 heteroatoms. The van der Waals surface area contributed by atoms with Gasteiger partial charge in [-0.1, -0.05) is 11.6 Å². The van der Waals surface area contributed by atoms with Gasteiger partial charge in [0, 0.05) is 17.8 Å². The summed E-state index contributed by atoms with van der Waals surface area (Å²) < 4.78 is 0. The molecule has 1 unspecified atom stereocenters. The van der Waals surface area contributed by atoms with Crippen LogP contribution in [0.25, 0.3) is 0 Å². The zero-order chi connectivity index (χ0) is 10.6. The second kappa shape index (κ2) is 4.86. The Balaban J connectivity index is 2.60. The number of carbonyl (C=O) groups is 1. The van der Waals surface area contributed by atoms with E-state index in [9.17, 15) is 4.79 Å². The van der Waals surface area contributed by atoms with Crippen LogP contribution in [0.4, 0.5) is 5.69 Å². The van der Waals surface area contributed by atoms with Crippen LogP contribution in [-0.2, 0) is 4.79 Å². The van der Waals surface area contributed by atoms with Crippen molar-refractivity contribution in [2.75, 3.05) is 12.4 Å². The predicted molar refractivity (Wildman–Crippen MR) is 58.6 cm³/mol. The molecule has 1 amide bonds. The van der Waals surface area contributed by atoms with E-state index in [2.05, 4.69) is 10.6 Å². The number of anilines is 1. The Morgan fingerprint density at radius 3 is 2.43 bits per heavy atom. The SMILES string of the molecule is CNC(=O)C(C)Nc1ccc(Cl)cc1. The number of halogens is 1. The lowest BCUT2D eigenvalue weighted by molar-refractivity contribution is -0.121. The van der Waals surface area contributed by atoms with E-state index in [1.54, 1.807) is 26.1 Å². The summed E-state index contributed by atoms with van der Waals surface area (Å²) in [6.07, 6.45) is 0. The fourth-order valence-electron chi connectivity index (χ4n) is 1.08. The number of hydrogen-bond acceptors (Lipinski definition) is 2. The van der Waals surface area contributed by atoms with Crippen LogP contribution < -0.4 is 10.6 Å². The van der Waals surface area contributed by atoms with Gasteiger partial charge in [-0.2, -0.15) is 0 Å². The Labute approximate surface area is 88.5 Å². The molecule has 2 N–H and O–H groups in total. The second-order valence-corrected chi connectivity index (χ2v) is 3.42. The lowest BCUT2D eigenvalue weighted by atomic mass is 10.2. The van der Waals surface area contributed by atoms with Gasteiger partial charge in [0.15, 0.2) is 0 Å². The van der Waals surface area contributed by atoms with Gasteiger partial charge in [0.25, 0.3) is 0 Å². The highest BCUT2D eigenvalue weighted by molar-refractivity contribution is 6.30. The highest BCUT2D eigenvalue weighted by Gasteiger charge is 2.09. The van der Waals surface area contributed by atoms with Crippen molar-refractivity contribution in [1.82, 2.24) is 5.32 Å². The summed E-state index contributed by atoms with van der Waals surface area (Å²) in [7, 11) is 1.61. The molecule has 1 aromatic carbocycles. The number of hydrogen-bond donors (Lipinski definition) is 2. The molecule has 1 aromatic rings. The summed E-state index contributed by atoms with van der Waals surface area (Å²) in [5.74, 6) is -0.0417. The van der Waals surface area contributed by atoms with Gasteiger partial charge in [-0.25, -0.2) is 0 Å². The van der Waals surface area contributed by atoms with Crippen LogP contribution in [0.2, 0.25) is 5.02 Å². The van der Waals surface area contributed by atoms with Crippen molar-refractivity contribution in [1.29, 1.82) is 0 Å². The minimum absolute atomic E-state index is 0.0417. The van der Waals surface area contributed by atoms with E-state index in [1.807, 2.05) is 12.1 Å². The van der Waals surface area contributed by atoms with Gasteiger partial charge < -0.3 is 10.6 Å². The van der Waals surface area contributed by atoms with E-state index in [4.69, 9.17) is 11.6 Å². The Morgan fingerprint density at radius 2 is 1.93 bits per heavy atom. The average Bonchev–Trinajstić information content (AvgIpc) is 2.20. The Hall–Kier alpha value is -1.22. The van der Waals surface area contributed by atoms with E-state index < -0.39 is 0 Å². The standard InChI is InChI=1S/C10H13ClN2O/c1-7(10(14)12-2)13-9-5-3-8(11)4-6-9/h3-7,13H,1-2H3,(H,12,14). The summed E-state index contributed by atoms with van der Waals surface area (Å²) in [5.41, 5.74) is 0.880. The Bertz CT molecular complexity index is 310. The monoisotopic (exact) mass is 212 g/mol. The van der Waals surface area contributed by atoms with Crippen molar-refractivity contribution in [3.8, 4) is 0 Å². The van der Waals surface area contributed by atoms with E-state index in [0.717, 1.165) is 5.69 Å². The van der Waals surface area contributed by atoms with Crippen LogP contribution in [-0.4, -0.2) is 19.0 Å². The van der Waals surface area contributed by atoms with Gasteiger partial charge in [-0.3, -0.25) is 4.79 Å². The molecule has 1 atom stereocenters. The quantitative estimate of drug-likeness (QED) is 0.804. The second-order valence-electron chi connectivity index (χ2n) is 2.99. The van der Waals surface area contributed by atoms with Gasteiger partial charge in [0.05, 0.1) is 0 Å². The molecular formula is C10H13ClN2O. The molecule has 0 saturated carbocycles. The summed E-state index contributed by atoms with van der Waals surface area (Å²) in [4.78, 5) is 11.2. The maximum Gasteiger partial charge on any atom is 0.241 e. The first-order valence-corrected chi connectivity index (χ1v) is 4.75.